The molecule has 1 aromatic carbocycles. The van der Waals surface area contributed by atoms with E-state index in [1.165, 1.54) is 0 Å². The lowest BCUT2D eigenvalue weighted by atomic mass is 9.91. The number of hydrogen-bond donors (Lipinski definition) is 2. The normalized spacial score (nSPS) is 12.9. The number of H-pyrrole nitrogens is 1. The second-order valence-corrected chi connectivity index (χ2v) is 8.80. The average Bonchev–Trinajstić information content (AvgIpc) is 3.42. The van der Waals surface area contributed by atoms with Crippen molar-refractivity contribution < 1.29 is 13.5 Å². The van der Waals surface area contributed by atoms with Gasteiger partial charge in [-0.2, -0.15) is 5.10 Å². The zero-order valence-electron chi connectivity index (χ0n) is 17.5. The summed E-state index contributed by atoms with van der Waals surface area (Å²) in [4.78, 5) is 0. The van der Waals surface area contributed by atoms with Gasteiger partial charge >= 0.3 is 0 Å². The first-order valence-corrected chi connectivity index (χ1v) is 11.0. The van der Waals surface area contributed by atoms with Crippen molar-refractivity contribution in [2.45, 2.75) is 39.0 Å². The van der Waals surface area contributed by atoms with Gasteiger partial charge in [-0.25, -0.2) is 9.20 Å². The minimum atomic E-state index is -2.34. The molecule has 164 valence electrons. The van der Waals surface area contributed by atoms with Crippen molar-refractivity contribution >= 4 is 22.6 Å². The van der Waals surface area contributed by atoms with Crippen LogP contribution in [0.1, 0.15) is 38.7 Å². The number of rotatable bonds is 8. The quantitative estimate of drug-likeness (QED) is 0.319. The SMILES string of the molecule is CC(C)(C)c1[nH]n2c(CCCOc3ccc(NS(=O)[O-])cc3)nnc2c1-n1cccn1. The van der Waals surface area contributed by atoms with Gasteiger partial charge < -0.3 is 14.0 Å². The summed E-state index contributed by atoms with van der Waals surface area (Å²) >= 11 is -2.34. The molecule has 0 fully saturated rings. The molecule has 0 aliphatic carbocycles. The Bertz CT molecular complexity index is 1170. The lowest BCUT2D eigenvalue weighted by molar-refractivity contribution is 0.309. The molecule has 0 aliphatic heterocycles. The van der Waals surface area contributed by atoms with E-state index in [0.29, 0.717) is 24.5 Å². The average molecular weight is 443 g/mol. The van der Waals surface area contributed by atoms with Gasteiger partial charge in [0.25, 0.3) is 0 Å². The maximum absolute atomic E-state index is 10.7. The summed E-state index contributed by atoms with van der Waals surface area (Å²) in [6, 6.07) is 8.63. The third-order valence-electron chi connectivity index (χ3n) is 4.75. The topological polar surface area (TPSA) is 125 Å². The third-order valence-corrected chi connectivity index (χ3v) is 5.16. The Hall–Kier alpha value is -3.18. The second-order valence-electron chi connectivity index (χ2n) is 8.12. The molecule has 3 aromatic heterocycles. The first kappa shape index (κ1) is 21.1. The van der Waals surface area contributed by atoms with E-state index in [0.717, 1.165) is 29.3 Å². The van der Waals surface area contributed by atoms with E-state index < -0.39 is 11.3 Å². The van der Waals surface area contributed by atoms with Crippen LogP contribution in [0.25, 0.3) is 11.3 Å². The highest BCUT2D eigenvalue weighted by Crippen LogP contribution is 2.30. The number of anilines is 1. The van der Waals surface area contributed by atoms with Gasteiger partial charge in [0.2, 0.25) is 5.65 Å². The zero-order valence-corrected chi connectivity index (χ0v) is 18.3. The molecule has 0 amide bonds. The number of aromatic amines is 1. The van der Waals surface area contributed by atoms with Crippen molar-refractivity contribution in [2.24, 2.45) is 0 Å². The molecule has 0 bridgehead atoms. The molecule has 1 atom stereocenters. The molecule has 0 aliphatic rings. The molecule has 0 saturated heterocycles. The predicted octanol–water partition coefficient (Wildman–Crippen LogP) is 2.76. The fraction of sp³-hybridized carbons (Fsp3) is 0.350. The fourth-order valence-electron chi connectivity index (χ4n) is 3.30. The van der Waals surface area contributed by atoms with Gasteiger partial charge in [-0.3, -0.25) is 9.31 Å². The van der Waals surface area contributed by atoms with Gasteiger partial charge in [-0.05, 0) is 36.8 Å². The molecule has 3 heterocycles. The summed E-state index contributed by atoms with van der Waals surface area (Å²) in [6.07, 6.45) is 5.06. The predicted molar refractivity (Wildman–Crippen MR) is 116 cm³/mol. The Morgan fingerprint density at radius 3 is 2.65 bits per heavy atom. The largest absolute Gasteiger partial charge is 0.755 e. The van der Waals surface area contributed by atoms with Gasteiger partial charge in [0.05, 0.1) is 12.3 Å². The van der Waals surface area contributed by atoms with Crippen LogP contribution in [0.4, 0.5) is 5.69 Å². The van der Waals surface area contributed by atoms with Crippen molar-refractivity contribution in [1.29, 1.82) is 0 Å². The maximum atomic E-state index is 10.7. The standard InChI is InChI=1S/C20H25N7O3S/c1-20(2,3)18-17(26-12-5-11-21-26)19-23-22-16(27(19)24-18)6-4-13-30-15-9-7-14(8-10-15)25-31(28)29/h5,7-12,24-25H,4,6,13H2,1-3H3,(H,28,29)/p-1. The van der Waals surface area contributed by atoms with Gasteiger partial charge in [-0.15, -0.1) is 10.2 Å². The van der Waals surface area contributed by atoms with Crippen LogP contribution in [-0.2, 0) is 23.1 Å². The number of ether oxygens (including phenoxy) is 1. The maximum Gasteiger partial charge on any atom is 0.203 e. The molecule has 0 saturated carbocycles. The summed E-state index contributed by atoms with van der Waals surface area (Å²) in [5.74, 6) is 1.49. The second kappa shape index (κ2) is 8.52. The number of fused-ring (bicyclic) bond motifs is 1. The van der Waals surface area contributed by atoms with Gasteiger partial charge in [-0.1, -0.05) is 20.8 Å². The molecule has 31 heavy (non-hydrogen) atoms. The highest BCUT2D eigenvalue weighted by atomic mass is 32.2. The first-order valence-electron chi connectivity index (χ1n) is 9.88. The van der Waals surface area contributed by atoms with E-state index in [1.807, 2.05) is 21.5 Å². The van der Waals surface area contributed by atoms with Gasteiger partial charge in [0.15, 0.2) is 5.82 Å². The minimum Gasteiger partial charge on any atom is -0.755 e. The van der Waals surface area contributed by atoms with Crippen LogP contribution < -0.4 is 9.46 Å². The number of aryl methyl sites for hydroxylation is 1. The van der Waals surface area contributed by atoms with Crippen LogP contribution in [0.15, 0.2) is 42.7 Å². The Morgan fingerprint density at radius 1 is 1.23 bits per heavy atom. The molecule has 4 aromatic rings. The Balaban J connectivity index is 1.44. The van der Waals surface area contributed by atoms with Crippen molar-refractivity contribution in [3.05, 3.63) is 54.2 Å². The Morgan fingerprint density at radius 2 is 2.00 bits per heavy atom. The van der Waals surface area contributed by atoms with E-state index in [4.69, 9.17) is 4.74 Å². The summed E-state index contributed by atoms with van der Waals surface area (Å²) in [7, 11) is 0. The summed E-state index contributed by atoms with van der Waals surface area (Å²) in [5, 5.41) is 16.6. The highest BCUT2D eigenvalue weighted by Gasteiger charge is 2.27. The summed E-state index contributed by atoms with van der Waals surface area (Å²) in [5.41, 5.74) is 3.04. The van der Waals surface area contributed by atoms with Crippen LogP contribution in [0, 0.1) is 0 Å². The Kier molecular flexibility index (Phi) is 5.79. The van der Waals surface area contributed by atoms with Crippen molar-refractivity contribution in [3.8, 4) is 11.4 Å². The number of aromatic nitrogens is 6. The van der Waals surface area contributed by atoms with E-state index >= 15 is 0 Å². The van der Waals surface area contributed by atoms with E-state index in [2.05, 4.69) is 45.9 Å². The first-order chi connectivity index (χ1) is 14.8. The molecule has 10 nitrogen and oxygen atoms in total. The lowest BCUT2D eigenvalue weighted by Gasteiger charge is -2.18. The molecule has 0 radical (unpaired) electrons. The third kappa shape index (κ3) is 4.62. The molecule has 11 heteroatoms. The molecular formula is C20H24N7O3S-. The highest BCUT2D eigenvalue weighted by molar-refractivity contribution is 7.80. The Labute approximate surface area is 182 Å². The number of benzene rings is 1. The fourth-order valence-corrected chi connectivity index (χ4v) is 3.63. The van der Waals surface area contributed by atoms with Gasteiger partial charge in [0, 0.05) is 41.2 Å². The summed E-state index contributed by atoms with van der Waals surface area (Å²) < 4.78 is 33.1. The number of nitrogens with one attached hydrogen (secondary N) is 2. The van der Waals surface area contributed by atoms with Crippen molar-refractivity contribution in [1.82, 2.24) is 29.6 Å². The number of nitrogens with zero attached hydrogens (tertiary/aromatic N) is 5. The molecule has 0 spiro atoms. The van der Waals surface area contributed by atoms with Crippen LogP contribution in [0.3, 0.4) is 0 Å². The zero-order chi connectivity index (χ0) is 22.0. The molecule has 1 unspecified atom stereocenters. The molecular weight excluding hydrogens is 418 g/mol. The monoisotopic (exact) mass is 442 g/mol. The van der Waals surface area contributed by atoms with Crippen LogP contribution in [0.5, 0.6) is 5.75 Å². The molecule has 2 N–H and O–H groups in total. The van der Waals surface area contributed by atoms with E-state index in [1.54, 1.807) is 30.5 Å². The van der Waals surface area contributed by atoms with Crippen molar-refractivity contribution in [2.75, 3.05) is 11.3 Å². The van der Waals surface area contributed by atoms with E-state index in [9.17, 15) is 8.76 Å². The van der Waals surface area contributed by atoms with Gasteiger partial charge in [0.1, 0.15) is 11.4 Å². The van der Waals surface area contributed by atoms with Crippen LogP contribution in [-0.4, -0.2) is 45.0 Å². The van der Waals surface area contributed by atoms with Crippen LogP contribution in [0.2, 0.25) is 0 Å². The molecule has 4 rings (SSSR count). The summed E-state index contributed by atoms with van der Waals surface area (Å²) in [6.45, 7) is 6.92. The minimum absolute atomic E-state index is 0.123. The van der Waals surface area contributed by atoms with E-state index in [-0.39, 0.29) is 5.41 Å². The lowest BCUT2D eigenvalue weighted by Crippen LogP contribution is -2.16. The smallest absolute Gasteiger partial charge is 0.203 e. The van der Waals surface area contributed by atoms with Crippen LogP contribution >= 0.6 is 0 Å². The van der Waals surface area contributed by atoms with Crippen molar-refractivity contribution in [3.63, 3.8) is 0 Å². The number of hydrogen-bond acceptors (Lipinski definition) is 6.